The first-order chi connectivity index (χ1) is 9.00. The lowest BCUT2D eigenvalue weighted by Crippen LogP contribution is -2.02. The topological polar surface area (TPSA) is 34.1 Å². The van der Waals surface area contributed by atoms with Crippen LogP contribution in [0.3, 0.4) is 0 Å². The van der Waals surface area contributed by atoms with Gasteiger partial charge in [-0.15, -0.1) is 0 Å². The molecule has 4 heteroatoms. The zero-order valence-electron chi connectivity index (χ0n) is 10.1. The van der Waals surface area contributed by atoms with Crippen LogP contribution in [0, 0.1) is 6.92 Å². The number of carbonyl (C=O) groups is 2. The lowest BCUT2D eigenvalue weighted by molar-refractivity contribution is 0.108. The standard InChI is InChI=1S/C15H10Cl2O2/c1-9-12(14(16)18)7-11(8-13(9)15(17)19)10-5-3-2-4-6-10/h2-8H,1H3. The van der Waals surface area contributed by atoms with Gasteiger partial charge in [-0.3, -0.25) is 9.59 Å². The van der Waals surface area contributed by atoms with Crippen LogP contribution < -0.4 is 0 Å². The van der Waals surface area contributed by atoms with Gasteiger partial charge in [0.1, 0.15) is 0 Å². The summed E-state index contributed by atoms with van der Waals surface area (Å²) in [5.41, 5.74) is 2.72. The van der Waals surface area contributed by atoms with Crippen LogP contribution in [0.5, 0.6) is 0 Å². The average molecular weight is 293 g/mol. The molecule has 0 atom stereocenters. The summed E-state index contributed by atoms with van der Waals surface area (Å²) in [7, 11) is 0. The first-order valence-corrected chi connectivity index (χ1v) is 6.36. The van der Waals surface area contributed by atoms with Gasteiger partial charge in [-0.25, -0.2) is 0 Å². The van der Waals surface area contributed by atoms with Crippen LogP contribution in [0.1, 0.15) is 26.3 Å². The van der Waals surface area contributed by atoms with E-state index in [1.54, 1.807) is 19.1 Å². The second-order valence-corrected chi connectivity index (χ2v) is 4.80. The molecule has 2 aromatic carbocycles. The molecule has 0 aromatic heterocycles. The Morgan fingerprint density at radius 2 is 1.32 bits per heavy atom. The van der Waals surface area contributed by atoms with E-state index < -0.39 is 10.5 Å². The first-order valence-electron chi connectivity index (χ1n) is 5.60. The molecule has 2 rings (SSSR count). The monoisotopic (exact) mass is 292 g/mol. The van der Waals surface area contributed by atoms with Crippen molar-refractivity contribution >= 4 is 33.7 Å². The Balaban J connectivity index is 2.70. The van der Waals surface area contributed by atoms with Gasteiger partial charge in [-0.05, 0) is 58.9 Å². The summed E-state index contributed by atoms with van der Waals surface area (Å²) in [5.74, 6) is 0. The maximum Gasteiger partial charge on any atom is 0.252 e. The Morgan fingerprint density at radius 1 is 0.842 bits per heavy atom. The van der Waals surface area contributed by atoms with E-state index in [-0.39, 0.29) is 0 Å². The highest BCUT2D eigenvalue weighted by molar-refractivity contribution is 6.69. The van der Waals surface area contributed by atoms with Crippen LogP contribution in [-0.4, -0.2) is 10.5 Å². The second kappa shape index (κ2) is 5.55. The normalized spacial score (nSPS) is 10.3. The molecule has 0 spiro atoms. The molecule has 0 aliphatic heterocycles. The quantitative estimate of drug-likeness (QED) is 0.785. The lowest BCUT2D eigenvalue weighted by atomic mass is 9.96. The van der Waals surface area contributed by atoms with E-state index in [4.69, 9.17) is 23.2 Å². The maximum atomic E-state index is 11.4. The van der Waals surface area contributed by atoms with Gasteiger partial charge in [-0.1, -0.05) is 30.3 Å². The number of benzene rings is 2. The van der Waals surface area contributed by atoms with E-state index >= 15 is 0 Å². The van der Waals surface area contributed by atoms with Crippen LogP contribution in [0.25, 0.3) is 11.1 Å². The summed E-state index contributed by atoms with van der Waals surface area (Å²) in [4.78, 5) is 22.9. The number of hydrogen-bond donors (Lipinski definition) is 0. The number of hydrogen-bond acceptors (Lipinski definition) is 2. The minimum atomic E-state index is -0.602. The molecular weight excluding hydrogens is 283 g/mol. The van der Waals surface area contributed by atoms with Gasteiger partial charge in [0.2, 0.25) is 0 Å². The van der Waals surface area contributed by atoms with Crippen molar-refractivity contribution in [2.75, 3.05) is 0 Å². The molecule has 0 unspecified atom stereocenters. The molecule has 2 nitrogen and oxygen atoms in total. The van der Waals surface area contributed by atoms with Gasteiger partial charge >= 0.3 is 0 Å². The maximum absolute atomic E-state index is 11.4. The van der Waals surface area contributed by atoms with E-state index in [1.165, 1.54) is 0 Å². The summed E-state index contributed by atoms with van der Waals surface area (Å²) >= 11 is 11.1. The van der Waals surface area contributed by atoms with Crippen molar-refractivity contribution in [3.8, 4) is 11.1 Å². The van der Waals surface area contributed by atoms with Gasteiger partial charge < -0.3 is 0 Å². The Labute approximate surface area is 121 Å². The van der Waals surface area contributed by atoms with Gasteiger partial charge in [0.25, 0.3) is 10.5 Å². The molecule has 96 valence electrons. The largest absolute Gasteiger partial charge is 0.276 e. The van der Waals surface area contributed by atoms with Gasteiger partial charge in [0, 0.05) is 11.1 Å². The summed E-state index contributed by atoms with van der Waals surface area (Å²) < 4.78 is 0. The molecule has 19 heavy (non-hydrogen) atoms. The number of carbonyl (C=O) groups excluding carboxylic acids is 2. The highest BCUT2D eigenvalue weighted by atomic mass is 35.5. The lowest BCUT2D eigenvalue weighted by Gasteiger charge is -2.10. The van der Waals surface area contributed by atoms with E-state index in [0.29, 0.717) is 16.7 Å². The average Bonchev–Trinajstić information content (AvgIpc) is 2.39. The summed E-state index contributed by atoms with van der Waals surface area (Å²) in [6.07, 6.45) is 0. The third-order valence-corrected chi connectivity index (χ3v) is 3.35. The zero-order valence-corrected chi connectivity index (χ0v) is 11.6. The molecule has 2 aromatic rings. The fourth-order valence-electron chi connectivity index (χ4n) is 1.92. The summed E-state index contributed by atoms with van der Waals surface area (Å²) in [6.45, 7) is 1.65. The fraction of sp³-hybridized carbons (Fsp3) is 0.0667. The van der Waals surface area contributed by atoms with Crippen LogP contribution in [0.15, 0.2) is 42.5 Å². The number of halogens is 2. The third-order valence-electron chi connectivity index (χ3n) is 2.94. The third kappa shape index (κ3) is 2.86. The van der Waals surface area contributed by atoms with Crippen LogP contribution in [-0.2, 0) is 0 Å². The molecule has 0 heterocycles. The van der Waals surface area contributed by atoms with E-state index in [1.807, 2.05) is 30.3 Å². The second-order valence-electron chi connectivity index (χ2n) is 4.11. The van der Waals surface area contributed by atoms with E-state index in [2.05, 4.69) is 0 Å². The smallest absolute Gasteiger partial charge is 0.252 e. The van der Waals surface area contributed by atoms with Crippen molar-refractivity contribution in [2.24, 2.45) is 0 Å². The Morgan fingerprint density at radius 3 is 1.74 bits per heavy atom. The molecule has 0 amide bonds. The molecular formula is C15H10Cl2O2. The van der Waals surface area contributed by atoms with Crippen LogP contribution >= 0.6 is 23.2 Å². The molecule has 0 aliphatic rings. The Hall–Kier alpha value is -1.64. The molecule has 0 bridgehead atoms. The molecule has 0 N–H and O–H groups in total. The highest BCUT2D eigenvalue weighted by Crippen LogP contribution is 2.27. The van der Waals surface area contributed by atoms with Crippen LogP contribution in [0.4, 0.5) is 0 Å². The van der Waals surface area contributed by atoms with Crippen molar-refractivity contribution in [2.45, 2.75) is 6.92 Å². The molecule has 0 aliphatic carbocycles. The van der Waals surface area contributed by atoms with Crippen LogP contribution in [0.2, 0.25) is 0 Å². The van der Waals surface area contributed by atoms with Gasteiger partial charge in [-0.2, -0.15) is 0 Å². The predicted molar refractivity (Wildman–Crippen MR) is 77.0 cm³/mol. The van der Waals surface area contributed by atoms with Gasteiger partial charge in [0.05, 0.1) is 0 Å². The highest BCUT2D eigenvalue weighted by Gasteiger charge is 2.16. The molecule has 0 saturated heterocycles. The number of rotatable bonds is 3. The Bertz CT molecular complexity index is 613. The van der Waals surface area contributed by atoms with E-state index in [9.17, 15) is 9.59 Å². The Kier molecular flexibility index (Phi) is 4.03. The summed E-state index contributed by atoms with van der Waals surface area (Å²) in [6, 6.07) is 12.7. The minimum Gasteiger partial charge on any atom is -0.276 e. The van der Waals surface area contributed by atoms with Crippen molar-refractivity contribution in [3.63, 3.8) is 0 Å². The van der Waals surface area contributed by atoms with E-state index in [0.717, 1.165) is 11.1 Å². The fourth-order valence-corrected chi connectivity index (χ4v) is 2.31. The van der Waals surface area contributed by atoms with Crippen molar-refractivity contribution in [1.82, 2.24) is 0 Å². The molecule has 0 radical (unpaired) electrons. The van der Waals surface area contributed by atoms with Gasteiger partial charge in [0.15, 0.2) is 0 Å². The molecule has 0 saturated carbocycles. The van der Waals surface area contributed by atoms with Crippen molar-refractivity contribution in [1.29, 1.82) is 0 Å². The zero-order chi connectivity index (χ0) is 14.0. The SMILES string of the molecule is Cc1c(C(=O)Cl)cc(-c2ccccc2)cc1C(=O)Cl. The minimum absolute atomic E-state index is 0.298. The predicted octanol–water partition coefficient (Wildman–Crippen LogP) is 4.42. The van der Waals surface area contributed by atoms with Crippen molar-refractivity contribution < 1.29 is 9.59 Å². The first kappa shape index (κ1) is 13.8. The van der Waals surface area contributed by atoms with Crippen molar-refractivity contribution in [3.05, 3.63) is 59.2 Å². The molecule has 0 fully saturated rings. The summed E-state index contributed by atoms with van der Waals surface area (Å²) in [5, 5.41) is -1.20.